The van der Waals surface area contributed by atoms with Crippen molar-refractivity contribution in [2.75, 3.05) is 12.3 Å². The van der Waals surface area contributed by atoms with E-state index >= 15 is 0 Å². The van der Waals surface area contributed by atoms with Crippen molar-refractivity contribution in [3.8, 4) is 0 Å². The molecule has 0 aromatic rings. The van der Waals surface area contributed by atoms with E-state index in [1.54, 1.807) is 0 Å². The van der Waals surface area contributed by atoms with Gasteiger partial charge < -0.3 is 5.73 Å². The van der Waals surface area contributed by atoms with E-state index in [0.717, 1.165) is 0 Å². The Morgan fingerprint density at radius 1 is 1.46 bits per heavy atom. The maximum Gasteiger partial charge on any atom is 0.234 e. The summed E-state index contributed by atoms with van der Waals surface area (Å²) in [5.41, 5.74) is 7.24. The normalized spacial score (nSPS) is 11.2. The first kappa shape index (κ1) is 12.3. The van der Waals surface area contributed by atoms with Gasteiger partial charge in [0.1, 0.15) is 0 Å². The van der Waals surface area contributed by atoms with Crippen LogP contribution < -0.4 is 16.0 Å². The van der Waals surface area contributed by atoms with Crippen LogP contribution in [0.1, 0.15) is 19.8 Å². The van der Waals surface area contributed by atoms with Gasteiger partial charge in [0, 0.05) is 6.42 Å². The van der Waals surface area contributed by atoms with E-state index in [0.29, 0.717) is 13.0 Å². The number of hydrogen-bond acceptors (Lipinski definition) is 4. The highest BCUT2D eigenvalue weighted by molar-refractivity contribution is 7.89. The Bertz CT molecular complexity index is 250. The molecule has 0 rings (SSSR count). The largest absolute Gasteiger partial charge is 0.330 e. The fraction of sp³-hybridized carbons (Fsp3) is 0.833. The third-order valence-corrected chi connectivity index (χ3v) is 2.51. The van der Waals surface area contributed by atoms with Crippen LogP contribution in [0.2, 0.25) is 0 Å². The lowest BCUT2D eigenvalue weighted by Gasteiger charge is -2.05. The number of rotatable bonds is 6. The Kier molecular flexibility index (Phi) is 5.60. The summed E-state index contributed by atoms with van der Waals surface area (Å²) in [6, 6.07) is 0. The molecule has 7 heteroatoms. The highest BCUT2D eigenvalue weighted by atomic mass is 32.2. The molecule has 0 saturated heterocycles. The molecule has 78 valence electrons. The van der Waals surface area contributed by atoms with Crippen LogP contribution in [0.4, 0.5) is 0 Å². The predicted molar refractivity (Wildman–Crippen MR) is 49.0 cm³/mol. The summed E-state index contributed by atoms with van der Waals surface area (Å²) in [6.45, 7) is 1.89. The molecular weight excluding hydrogens is 194 g/mol. The Labute approximate surface area is 77.9 Å². The minimum Gasteiger partial charge on any atom is -0.330 e. The van der Waals surface area contributed by atoms with Crippen molar-refractivity contribution in [3.63, 3.8) is 0 Å². The lowest BCUT2D eigenvalue weighted by Crippen LogP contribution is -2.42. The van der Waals surface area contributed by atoms with Crippen LogP contribution in [0.5, 0.6) is 0 Å². The second kappa shape index (κ2) is 5.90. The number of nitrogens with two attached hydrogens (primary N) is 1. The number of hydrazine groups is 1. The Balaban J connectivity index is 3.71. The molecule has 6 nitrogen and oxygen atoms in total. The van der Waals surface area contributed by atoms with Crippen LogP contribution in [0, 0.1) is 0 Å². The van der Waals surface area contributed by atoms with Gasteiger partial charge in [-0.3, -0.25) is 10.2 Å². The highest BCUT2D eigenvalue weighted by Crippen LogP contribution is 1.85. The number of carbonyl (C=O) groups is 1. The fourth-order valence-electron chi connectivity index (χ4n) is 0.532. The molecule has 4 N–H and O–H groups in total. The fourth-order valence-corrected chi connectivity index (χ4v) is 0.946. The van der Waals surface area contributed by atoms with Gasteiger partial charge in [-0.15, -0.1) is 4.83 Å². The summed E-state index contributed by atoms with van der Waals surface area (Å²) < 4.78 is 21.7. The first-order valence-corrected chi connectivity index (χ1v) is 5.65. The third-order valence-electron chi connectivity index (χ3n) is 1.33. The van der Waals surface area contributed by atoms with Crippen LogP contribution in [-0.4, -0.2) is 26.6 Å². The molecule has 0 fully saturated rings. The van der Waals surface area contributed by atoms with Crippen molar-refractivity contribution in [2.45, 2.75) is 19.8 Å². The molecule has 0 aromatic heterocycles. The van der Waals surface area contributed by atoms with Crippen molar-refractivity contribution in [1.29, 1.82) is 0 Å². The summed E-state index contributed by atoms with van der Waals surface area (Å²) in [7, 11) is -3.35. The second-order valence-corrected chi connectivity index (χ2v) is 4.46. The monoisotopic (exact) mass is 209 g/mol. The van der Waals surface area contributed by atoms with E-state index in [4.69, 9.17) is 5.73 Å². The van der Waals surface area contributed by atoms with Crippen molar-refractivity contribution in [2.24, 2.45) is 5.73 Å². The van der Waals surface area contributed by atoms with Gasteiger partial charge in [-0.2, -0.15) is 0 Å². The maximum absolute atomic E-state index is 10.9. The topological polar surface area (TPSA) is 101 Å². The summed E-state index contributed by atoms with van der Waals surface area (Å²) in [4.78, 5) is 12.8. The van der Waals surface area contributed by atoms with Crippen molar-refractivity contribution < 1.29 is 13.2 Å². The molecule has 0 spiro atoms. The SMILES string of the molecule is CCS(=O)(=O)NNC(=O)CCCN. The van der Waals surface area contributed by atoms with Crippen LogP contribution in [-0.2, 0) is 14.8 Å². The molecular formula is C6H15N3O3S. The molecule has 0 aliphatic carbocycles. The van der Waals surface area contributed by atoms with Crippen LogP contribution >= 0.6 is 0 Å². The van der Waals surface area contributed by atoms with E-state index in [1.807, 2.05) is 4.83 Å². The third kappa shape index (κ3) is 6.50. The van der Waals surface area contributed by atoms with Gasteiger partial charge in [-0.25, -0.2) is 8.42 Å². The Hall–Kier alpha value is -0.660. The van der Waals surface area contributed by atoms with Gasteiger partial charge in [-0.05, 0) is 19.9 Å². The Morgan fingerprint density at radius 2 is 2.08 bits per heavy atom. The van der Waals surface area contributed by atoms with Crippen molar-refractivity contribution in [1.82, 2.24) is 10.3 Å². The van der Waals surface area contributed by atoms with Gasteiger partial charge in [0.05, 0.1) is 5.75 Å². The molecule has 0 aromatic carbocycles. The van der Waals surface area contributed by atoms with E-state index in [9.17, 15) is 13.2 Å². The first-order chi connectivity index (χ1) is 6.02. The molecule has 0 unspecified atom stereocenters. The molecule has 0 saturated carbocycles. The van der Waals surface area contributed by atoms with Gasteiger partial charge in [0.25, 0.3) is 0 Å². The molecule has 0 heterocycles. The van der Waals surface area contributed by atoms with Gasteiger partial charge in [-0.1, -0.05) is 0 Å². The zero-order valence-electron chi connectivity index (χ0n) is 7.54. The predicted octanol–water partition coefficient (Wildman–Crippen LogP) is -1.30. The number of carbonyl (C=O) groups excluding carboxylic acids is 1. The molecule has 0 aliphatic heterocycles. The second-order valence-electron chi connectivity index (χ2n) is 2.45. The van der Waals surface area contributed by atoms with E-state index in [1.165, 1.54) is 6.92 Å². The first-order valence-electron chi connectivity index (χ1n) is 4.00. The lowest BCUT2D eigenvalue weighted by molar-refractivity contribution is -0.121. The lowest BCUT2D eigenvalue weighted by atomic mass is 10.3. The molecule has 1 amide bonds. The zero-order chi connectivity index (χ0) is 10.3. The molecule has 13 heavy (non-hydrogen) atoms. The minimum absolute atomic E-state index is 0.0653. The maximum atomic E-state index is 10.9. The van der Waals surface area contributed by atoms with E-state index in [-0.39, 0.29) is 18.1 Å². The molecule has 0 radical (unpaired) electrons. The molecule has 0 bridgehead atoms. The zero-order valence-corrected chi connectivity index (χ0v) is 8.36. The van der Waals surface area contributed by atoms with Crippen molar-refractivity contribution in [3.05, 3.63) is 0 Å². The van der Waals surface area contributed by atoms with Crippen molar-refractivity contribution >= 4 is 15.9 Å². The highest BCUT2D eigenvalue weighted by Gasteiger charge is 2.07. The molecule has 0 aliphatic rings. The average Bonchev–Trinajstić information content (AvgIpc) is 2.11. The number of nitrogens with one attached hydrogen (secondary N) is 2. The van der Waals surface area contributed by atoms with E-state index in [2.05, 4.69) is 5.43 Å². The van der Waals surface area contributed by atoms with Crippen LogP contribution in [0.25, 0.3) is 0 Å². The van der Waals surface area contributed by atoms with Gasteiger partial charge in [0.15, 0.2) is 0 Å². The average molecular weight is 209 g/mol. The summed E-state index contributed by atoms with van der Waals surface area (Å²) in [6.07, 6.45) is 0.766. The minimum atomic E-state index is -3.35. The smallest absolute Gasteiger partial charge is 0.234 e. The summed E-state index contributed by atoms with van der Waals surface area (Å²) >= 11 is 0. The number of sulfonamides is 1. The quantitative estimate of drug-likeness (QED) is 0.473. The van der Waals surface area contributed by atoms with Gasteiger partial charge >= 0.3 is 0 Å². The number of amides is 1. The summed E-state index contributed by atoms with van der Waals surface area (Å²) in [5, 5.41) is 0. The van der Waals surface area contributed by atoms with Crippen LogP contribution in [0.15, 0.2) is 0 Å². The number of hydrogen-bond donors (Lipinski definition) is 3. The van der Waals surface area contributed by atoms with Gasteiger partial charge in [0.2, 0.25) is 15.9 Å². The molecule has 0 atom stereocenters. The van der Waals surface area contributed by atoms with Crippen LogP contribution in [0.3, 0.4) is 0 Å². The summed E-state index contributed by atoms with van der Waals surface area (Å²) in [5.74, 6) is -0.438. The standard InChI is InChI=1S/C6H15N3O3S/c1-2-13(11,12)9-8-6(10)4-3-5-7/h9H,2-5,7H2,1H3,(H,8,10). The Morgan fingerprint density at radius 3 is 2.54 bits per heavy atom. The van der Waals surface area contributed by atoms with E-state index < -0.39 is 10.0 Å².